The standard InChI is InChI=1S/C14H20F2N2O/c1-14(2,4-3-5-17)9-18-13(19)10-6-11(15)8-12(16)7-10/h6-8H,3-5,9,17H2,1-2H3,(H,18,19). The molecule has 0 saturated carbocycles. The summed E-state index contributed by atoms with van der Waals surface area (Å²) in [6, 6.07) is 2.78. The minimum atomic E-state index is -0.757. The van der Waals surface area contributed by atoms with Gasteiger partial charge in [0.15, 0.2) is 0 Å². The number of hydrogen-bond acceptors (Lipinski definition) is 2. The summed E-state index contributed by atoms with van der Waals surface area (Å²) in [5.41, 5.74) is 5.34. The molecule has 1 aromatic rings. The van der Waals surface area contributed by atoms with Gasteiger partial charge in [-0.25, -0.2) is 8.78 Å². The van der Waals surface area contributed by atoms with Crippen molar-refractivity contribution in [3.8, 4) is 0 Å². The quantitative estimate of drug-likeness (QED) is 0.834. The van der Waals surface area contributed by atoms with Crippen LogP contribution in [0.15, 0.2) is 18.2 Å². The van der Waals surface area contributed by atoms with Crippen LogP contribution in [0.1, 0.15) is 37.0 Å². The van der Waals surface area contributed by atoms with Crippen LogP contribution >= 0.6 is 0 Å². The van der Waals surface area contributed by atoms with E-state index in [1.54, 1.807) is 0 Å². The number of nitrogens with one attached hydrogen (secondary N) is 1. The Bertz CT molecular complexity index is 427. The Morgan fingerprint density at radius 3 is 2.37 bits per heavy atom. The number of carbonyl (C=O) groups excluding carboxylic acids is 1. The van der Waals surface area contributed by atoms with Crippen LogP contribution in [-0.4, -0.2) is 19.0 Å². The Morgan fingerprint density at radius 2 is 1.84 bits per heavy atom. The molecule has 0 bridgehead atoms. The number of carbonyl (C=O) groups is 1. The van der Waals surface area contributed by atoms with Gasteiger partial charge in [0.05, 0.1) is 0 Å². The molecule has 1 amide bonds. The normalized spacial score (nSPS) is 11.4. The lowest BCUT2D eigenvalue weighted by Crippen LogP contribution is -2.34. The maximum atomic E-state index is 13.0. The monoisotopic (exact) mass is 270 g/mol. The van der Waals surface area contributed by atoms with Crippen molar-refractivity contribution in [2.75, 3.05) is 13.1 Å². The molecule has 0 fully saturated rings. The second kappa shape index (κ2) is 6.61. The van der Waals surface area contributed by atoms with Crippen LogP contribution in [-0.2, 0) is 0 Å². The summed E-state index contributed by atoms with van der Waals surface area (Å²) in [6.45, 7) is 5.06. The maximum Gasteiger partial charge on any atom is 0.251 e. The average Bonchev–Trinajstić information content (AvgIpc) is 2.32. The van der Waals surface area contributed by atoms with E-state index in [0.29, 0.717) is 13.1 Å². The minimum Gasteiger partial charge on any atom is -0.351 e. The molecule has 0 spiro atoms. The van der Waals surface area contributed by atoms with E-state index in [1.165, 1.54) is 0 Å². The number of halogens is 2. The first-order chi connectivity index (χ1) is 8.84. The van der Waals surface area contributed by atoms with E-state index in [2.05, 4.69) is 5.32 Å². The molecule has 0 heterocycles. The molecule has 0 aliphatic heterocycles. The number of amides is 1. The fourth-order valence-corrected chi connectivity index (χ4v) is 1.78. The fourth-order valence-electron chi connectivity index (χ4n) is 1.78. The van der Waals surface area contributed by atoms with Crippen molar-refractivity contribution < 1.29 is 13.6 Å². The van der Waals surface area contributed by atoms with E-state index in [0.717, 1.165) is 31.0 Å². The summed E-state index contributed by atoms with van der Waals surface area (Å²) in [6.07, 6.45) is 1.75. The van der Waals surface area contributed by atoms with Crippen molar-refractivity contribution in [2.24, 2.45) is 11.1 Å². The van der Waals surface area contributed by atoms with Crippen molar-refractivity contribution in [1.82, 2.24) is 5.32 Å². The summed E-state index contributed by atoms with van der Waals surface area (Å²) < 4.78 is 26.0. The number of nitrogens with two attached hydrogens (primary N) is 1. The molecular weight excluding hydrogens is 250 g/mol. The highest BCUT2D eigenvalue weighted by Gasteiger charge is 2.19. The lowest BCUT2D eigenvalue weighted by Gasteiger charge is -2.24. The topological polar surface area (TPSA) is 55.1 Å². The zero-order valence-corrected chi connectivity index (χ0v) is 11.3. The Morgan fingerprint density at radius 1 is 1.26 bits per heavy atom. The van der Waals surface area contributed by atoms with E-state index in [9.17, 15) is 13.6 Å². The van der Waals surface area contributed by atoms with Crippen LogP contribution in [0.3, 0.4) is 0 Å². The molecule has 106 valence electrons. The van der Waals surface area contributed by atoms with Crippen molar-refractivity contribution in [3.05, 3.63) is 35.4 Å². The molecule has 0 aliphatic carbocycles. The van der Waals surface area contributed by atoms with Gasteiger partial charge in [-0.2, -0.15) is 0 Å². The Balaban J connectivity index is 2.60. The largest absolute Gasteiger partial charge is 0.351 e. The highest BCUT2D eigenvalue weighted by atomic mass is 19.1. The van der Waals surface area contributed by atoms with Crippen molar-refractivity contribution in [1.29, 1.82) is 0 Å². The molecule has 0 saturated heterocycles. The maximum absolute atomic E-state index is 13.0. The number of benzene rings is 1. The number of rotatable bonds is 6. The van der Waals surface area contributed by atoms with Gasteiger partial charge in [-0.15, -0.1) is 0 Å². The first-order valence-electron chi connectivity index (χ1n) is 6.28. The molecule has 0 aliphatic rings. The van der Waals surface area contributed by atoms with Crippen molar-refractivity contribution >= 4 is 5.91 Å². The molecule has 0 aromatic heterocycles. The summed E-state index contributed by atoms with van der Waals surface area (Å²) in [5.74, 6) is -1.99. The van der Waals surface area contributed by atoms with Crippen molar-refractivity contribution in [2.45, 2.75) is 26.7 Å². The summed E-state index contributed by atoms with van der Waals surface area (Å²) >= 11 is 0. The molecule has 0 unspecified atom stereocenters. The Hall–Kier alpha value is -1.49. The predicted octanol–water partition coefficient (Wildman–Crippen LogP) is 2.46. The molecular formula is C14H20F2N2O. The third-order valence-corrected chi connectivity index (χ3v) is 2.91. The second-order valence-electron chi connectivity index (χ2n) is 5.40. The third kappa shape index (κ3) is 5.34. The smallest absolute Gasteiger partial charge is 0.251 e. The third-order valence-electron chi connectivity index (χ3n) is 2.91. The highest BCUT2D eigenvalue weighted by Crippen LogP contribution is 2.20. The van der Waals surface area contributed by atoms with Crippen LogP contribution in [0.25, 0.3) is 0 Å². The van der Waals surface area contributed by atoms with Gasteiger partial charge in [0.1, 0.15) is 11.6 Å². The van der Waals surface area contributed by atoms with Gasteiger partial charge < -0.3 is 11.1 Å². The van der Waals surface area contributed by atoms with E-state index < -0.39 is 17.5 Å². The van der Waals surface area contributed by atoms with E-state index in [-0.39, 0.29) is 11.0 Å². The highest BCUT2D eigenvalue weighted by molar-refractivity contribution is 5.94. The fraction of sp³-hybridized carbons (Fsp3) is 0.500. The Labute approximate surface area is 112 Å². The van der Waals surface area contributed by atoms with Gasteiger partial charge in [-0.1, -0.05) is 13.8 Å². The summed E-state index contributed by atoms with van der Waals surface area (Å²) in [7, 11) is 0. The first kappa shape index (κ1) is 15.6. The van der Waals surface area contributed by atoms with Gasteiger partial charge in [0, 0.05) is 18.2 Å². The Kier molecular flexibility index (Phi) is 5.42. The molecule has 19 heavy (non-hydrogen) atoms. The molecule has 3 N–H and O–H groups in total. The zero-order chi connectivity index (χ0) is 14.5. The van der Waals surface area contributed by atoms with E-state index in [1.807, 2.05) is 13.8 Å². The van der Waals surface area contributed by atoms with E-state index >= 15 is 0 Å². The SMILES string of the molecule is CC(C)(CCCN)CNC(=O)c1cc(F)cc(F)c1. The van der Waals surface area contributed by atoms with Gasteiger partial charge in [-0.05, 0) is 36.9 Å². The van der Waals surface area contributed by atoms with Gasteiger partial charge in [0.2, 0.25) is 0 Å². The van der Waals surface area contributed by atoms with Crippen LogP contribution < -0.4 is 11.1 Å². The molecule has 3 nitrogen and oxygen atoms in total. The zero-order valence-electron chi connectivity index (χ0n) is 11.3. The minimum absolute atomic E-state index is 0.00729. The molecule has 1 rings (SSSR count). The van der Waals surface area contributed by atoms with Crippen molar-refractivity contribution in [3.63, 3.8) is 0 Å². The van der Waals surface area contributed by atoms with Gasteiger partial charge in [-0.3, -0.25) is 4.79 Å². The van der Waals surface area contributed by atoms with Gasteiger partial charge in [0.25, 0.3) is 5.91 Å². The predicted molar refractivity (Wildman–Crippen MR) is 70.8 cm³/mol. The van der Waals surface area contributed by atoms with Crippen LogP contribution in [0.5, 0.6) is 0 Å². The molecule has 0 radical (unpaired) electrons. The lowest BCUT2D eigenvalue weighted by molar-refractivity contribution is 0.0933. The van der Waals surface area contributed by atoms with Gasteiger partial charge >= 0.3 is 0 Å². The average molecular weight is 270 g/mol. The molecule has 5 heteroatoms. The molecule has 0 atom stereocenters. The van der Waals surface area contributed by atoms with Crippen LogP contribution in [0, 0.1) is 17.0 Å². The molecule has 1 aromatic carbocycles. The number of hydrogen-bond donors (Lipinski definition) is 2. The first-order valence-corrected chi connectivity index (χ1v) is 6.28. The summed E-state index contributed by atoms with van der Waals surface area (Å²) in [5, 5.41) is 2.69. The summed E-state index contributed by atoms with van der Waals surface area (Å²) in [4.78, 5) is 11.8. The van der Waals surface area contributed by atoms with E-state index in [4.69, 9.17) is 5.73 Å². The van der Waals surface area contributed by atoms with Crippen LogP contribution in [0.4, 0.5) is 8.78 Å². The second-order valence-corrected chi connectivity index (χ2v) is 5.40. The van der Waals surface area contributed by atoms with Crippen LogP contribution in [0.2, 0.25) is 0 Å². The lowest BCUT2D eigenvalue weighted by atomic mass is 9.87.